The van der Waals surface area contributed by atoms with Crippen LogP contribution in [0, 0.1) is 11.3 Å². The Labute approximate surface area is 139 Å². The predicted octanol–water partition coefficient (Wildman–Crippen LogP) is 3.06. The molecule has 23 heavy (non-hydrogen) atoms. The largest absolute Gasteiger partial charge is 0.444 e. The SMILES string of the molecule is C=CC1CC(=O)N(C2CCN(C(=O)OC(C)(C)C)CC2(C)C)C1. The van der Waals surface area contributed by atoms with Gasteiger partial charge in [-0.15, -0.1) is 6.58 Å². The monoisotopic (exact) mass is 322 g/mol. The third kappa shape index (κ3) is 4.06. The van der Waals surface area contributed by atoms with Gasteiger partial charge in [0, 0.05) is 43.4 Å². The molecule has 5 nitrogen and oxygen atoms in total. The molecule has 2 aliphatic heterocycles. The quantitative estimate of drug-likeness (QED) is 0.734. The number of amides is 2. The second kappa shape index (κ2) is 6.17. The summed E-state index contributed by atoms with van der Waals surface area (Å²) < 4.78 is 5.48. The molecule has 2 aliphatic rings. The van der Waals surface area contributed by atoms with E-state index in [9.17, 15) is 9.59 Å². The third-order valence-electron chi connectivity index (χ3n) is 4.72. The van der Waals surface area contributed by atoms with Crippen LogP contribution in [0.5, 0.6) is 0 Å². The molecule has 0 N–H and O–H groups in total. The van der Waals surface area contributed by atoms with E-state index in [1.165, 1.54) is 0 Å². The van der Waals surface area contributed by atoms with E-state index in [2.05, 4.69) is 20.4 Å². The molecule has 0 aromatic carbocycles. The molecular formula is C18H30N2O3. The number of rotatable bonds is 2. The maximum atomic E-state index is 12.3. The molecule has 5 heteroatoms. The zero-order valence-corrected chi connectivity index (χ0v) is 15.1. The van der Waals surface area contributed by atoms with Crippen molar-refractivity contribution in [1.29, 1.82) is 0 Å². The van der Waals surface area contributed by atoms with Gasteiger partial charge in [0.15, 0.2) is 0 Å². The molecule has 2 atom stereocenters. The van der Waals surface area contributed by atoms with Gasteiger partial charge in [0.1, 0.15) is 5.60 Å². The molecule has 2 amide bonds. The first-order chi connectivity index (χ1) is 10.5. The van der Waals surface area contributed by atoms with E-state index in [0.717, 1.165) is 13.0 Å². The van der Waals surface area contributed by atoms with Crippen LogP contribution >= 0.6 is 0 Å². The molecule has 0 aromatic heterocycles. The first-order valence-electron chi connectivity index (χ1n) is 8.43. The minimum atomic E-state index is -0.486. The lowest BCUT2D eigenvalue weighted by Gasteiger charge is -2.47. The van der Waals surface area contributed by atoms with E-state index < -0.39 is 5.60 Å². The topological polar surface area (TPSA) is 49.9 Å². The van der Waals surface area contributed by atoms with E-state index in [0.29, 0.717) is 19.5 Å². The van der Waals surface area contributed by atoms with Crippen molar-refractivity contribution < 1.29 is 14.3 Å². The van der Waals surface area contributed by atoms with Crippen LogP contribution < -0.4 is 0 Å². The highest BCUT2D eigenvalue weighted by Crippen LogP contribution is 2.36. The number of likely N-dealkylation sites (tertiary alicyclic amines) is 2. The second-order valence-corrected chi connectivity index (χ2v) is 8.44. The number of carbonyl (C=O) groups excluding carboxylic acids is 2. The summed E-state index contributed by atoms with van der Waals surface area (Å²) in [5.74, 6) is 0.459. The van der Waals surface area contributed by atoms with Crippen LogP contribution in [0.1, 0.15) is 47.5 Å². The van der Waals surface area contributed by atoms with Crippen LogP contribution in [0.2, 0.25) is 0 Å². The number of hydrogen-bond acceptors (Lipinski definition) is 3. The number of piperidine rings is 1. The Morgan fingerprint density at radius 2 is 2.04 bits per heavy atom. The summed E-state index contributed by atoms with van der Waals surface area (Å²) in [5.41, 5.74) is -0.638. The smallest absolute Gasteiger partial charge is 0.410 e. The minimum absolute atomic E-state index is 0.152. The van der Waals surface area contributed by atoms with Gasteiger partial charge in [-0.3, -0.25) is 4.79 Å². The van der Waals surface area contributed by atoms with Gasteiger partial charge in [0.2, 0.25) is 5.91 Å². The molecule has 2 saturated heterocycles. The Bertz CT molecular complexity index is 493. The molecule has 2 unspecified atom stereocenters. The zero-order valence-electron chi connectivity index (χ0n) is 15.1. The van der Waals surface area contributed by atoms with Crippen molar-refractivity contribution in [2.45, 2.75) is 59.1 Å². The molecule has 0 bridgehead atoms. The van der Waals surface area contributed by atoms with Crippen molar-refractivity contribution in [1.82, 2.24) is 9.80 Å². The maximum Gasteiger partial charge on any atom is 0.410 e. The fourth-order valence-corrected chi connectivity index (χ4v) is 3.62. The van der Waals surface area contributed by atoms with E-state index in [-0.39, 0.29) is 29.4 Å². The van der Waals surface area contributed by atoms with Crippen molar-refractivity contribution in [3.8, 4) is 0 Å². The lowest BCUT2D eigenvalue weighted by molar-refractivity contribution is -0.133. The lowest BCUT2D eigenvalue weighted by atomic mass is 9.78. The maximum absolute atomic E-state index is 12.3. The average Bonchev–Trinajstić information content (AvgIpc) is 2.76. The first-order valence-corrected chi connectivity index (χ1v) is 8.43. The Morgan fingerprint density at radius 3 is 2.52 bits per heavy atom. The van der Waals surface area contributed by atoms with Crippen LogP contribution in [0.25, 0.3) is 0 Å². The normalized spacial score (nSPS) is 28.0. The van der Waals surface area contributed by atoms with Crippen molar-refractivity contribution in [3.05, 3.63) is 12.7 Å². The molecule has 2 fully saturated rings. The molecule has 2 heterocycles. The van der Waals surface area contributed by atoms with Crippen LogP contribution in [0.3, 0.4) is 0 Å². The molecule has 130 valence electrons. The number of ether oxygens (including phenoxy) is 1. The summed E-state index contributed by atoms with van der Waals surface area (Å²) in [6.45, 7) is 15.7. The average molecular weight is 322 g/mol. The summed E-state index contributed by atoms with van der Waals surface area (Å²) in [6.07, 6.45) is 2.97. The highest BCUT2D eigenvalue weighted by atomic mass is 16.6. The predicted molar refractivity (Wildman–Crippen MR) is 90.0 cm³/mol. The molecule has 0 aromatic rings. The van der Waals surface area contributed by atoms with Crippen LogP contribution in [0.4, 0.5) is 4.79 Å². The second-order valence-electron chi connectivity index (χ2n) is 8.44. The standard InChI is InChI=1S/C18H30N2O3/c1-7-13-10-15(21)20(11-13)14-8-9-19(12-18(14,5)6)16(22)23-17(2,3)4/h7,13-14H,1,8-12H2,2-6H3. The zero-order chi connectivity index (χ0) is 17.4. The van der Waals surface area contributed by atoms with Gasteiger partial charge >= 0.3 is 6.09 Å². The van der Waals surface area contributed by atoms with E-state index in [1.54, 1.807) is 4.90 Å². The van der Waals surface area contributed by atoms with Crippen molar-refractivity contribution in [2.75, 3.05) is 19.6 Å². The Morgan fingerprint density at radius 1 is 1.39 bits per heavy atom. The van der Waals surface area contributed by atoms with E-state index >= 15 is 0 Å². The fourth-order valence-electron chi connectivity index (χ4n) is 3.62. The number of carbonyl (C=O) groups is 2. The van der Waals surface area contributed by atoms with Gasteiger partial charge in [-0.1, -0.05) is 19.9 Å². The Kier molecular flexibility index (Phi) is 4.79. The fraction of sp³-hybridized carbons (Fsp3) is 0.778. The van der Waals surface area contributed by atoms with Gasteiger partial charge in [-0.05, 0) is 27.2 Å². The highest BCUT2D eigenvalue weighted by molar-refractivity contribution is 5.79. The van der Waals surface area contributed by atoms with Gasteiger partial charge < -0.3 is 14.5 Å². The molecule has 0 spiro atoms. The van der Waals surface area contributed by atoms with Crippen LogP contribution in [0.15, 0.2) is 12.7 Å². The highest BCUT2D eigenvalue weighted by Gasteiger charge is 2.45. The van der Waals surface area contributed by atoms with Crippen molar-refractivity contribution in [2.24, 2.45) is 11.3 Å². The van der Waals surface area contributed by atoms with Crippen LogP contribution in [-0.4, -0.2) is 53.1 Å². The molecule has 0 saturated carbocycles. The molecule has 0 radical (unpaired) electrons. The van der Waals surface area contributed by atoms with Crippen molar-refractivity contribution >= 4 is 12.0 Å². The van der Waals surface area contributed by atoms with Gasteiger partial charge in [0.25, 0.3) is 0 Å². The third-order valence-corrected chi connectivity index (χ3v) is 4.72. The first kappa shape index (κ1) is 17.8. The van der Waals surface area contributed by atoms with Gasteiger partial charge in [0.05, 0.1) is 0 Å². The summed E-state index contributed by atoms with van der Waals surface area (Å²) in [5, 5.41) is 0. The van der Waals surface area contributed by atoms with Gasteiger partial charge in [-0.2, -0.15) is 0 Å². The Balaban J connectivity index is 2.04. The summed E-state index contributed by atoms with van der Waals surface area (Å²) in [7, 11) is 0. The summed E-state index contributed by atoms with van der Waals surface area (Å²) in [6, 6.07) is 0.165. The van der Waals surface area contributed by atoms with Crippen molar-refractivity contribution in [3.63, 3.8) is 0 Å². The van der Waals surface area contributed by atoms with Crippen LogP contribution in [-0.2, 0) is 9.53 Å². The number of hydrogen-bond donors (Lipinski definition) is 0. The van der Waals surface area contributed by atoms with E-state index in [1.807, 2.05) is 31.7 Å². The van der Waals surface area contributed by atoms with Gasteiger partial charge in [-0.25, -0.2) is 4.79 Å². The summed E-state index contributed by atoms with van der Waals surface area (Å²) in [4.78, 5) is 28.4. The lowest BCUT2D eigenvalue weighted by Crippen LogP contribution is -2.57. The Hall–Kier alpha value is -1.52. The number of nitrogens with zero attached hydrogens (tertiary/aromatic N) is 2. The minimum Gasteiger partial charge on any atom is -0.444 e. The molecular weight excluding hydrogens is 292 g/mol. The summed E-state index contributed by atoms with van der Waals surface area (Å²) >= 11 is 0. The van der Waals surface area contributed by atoms with E-state index in [4.69, 9.17) is 4.74 Å². The molecule has 2 rings (SSSR count). The molecule has 0 aliphatic carbocycles.